The topological polar surface area (TPSA) is 41.5 Å². The third-order valence-electron chi connectivity index (χ3n) is 2.57. The van der Waals surface area contributed by atoms with Gasteiger partial charge in [-0.1, -0.05) is 6.92 Å². The van der Waals surface area contributed by atoms with E-state index in [2.05, 4.69) is 26.1 Å². The molecule has 0 heterocycles. The molecule has 3 heteroatoms. The second-order valence-corrected chi connectivity index (χ2v) is 4.54. The summed E-state index contributed by atoms with van der Waals surface area (Å²) in [6.45, 7) is 8.55. The van der Waals surface area contributed by atoms with Crippen LogP contribution in [0.4, 0.5) is 0 Å². The highest BCUT2D eigenvalue weighted by Crippen LogP contribution is 2.11. The molecule has 0 amide bonds. The van der Waals surface area contributed by atoms with E-state index < -0.39 is 0 Å². The fourth-order valence-corrected chi connectivity index (χ4v) is 1.16. The van der Waals surface area contributed by atoms with Crippen LogP contribution in [0.25, 0.3) is 0 Å². The standard InChI is InChI=1S/C11H25NO2/c1-10(5-8-13)9-12-7-6-11(2,3)14-4/h10,12-13H,5-9H2,1-4H3. The highest BCUT2D eigenvalue weighted by atomic mass is 16.5. The van der Waals surface area contributed by atoms with Gasteiger partial charge in [-0.15, -0.1) is 0 Å². The molecule has 0 spiro atoms. The van der Waals surface area contributed by atoms with Gasteiger partial charge in [0.1, 0.15) is 0 Å². The lowest BCUT2D eigenvalue weighted by atomic mass is 10.0. The first-order valence-electron chi connectivity index (χ1n) is 5.38. The number of methoxy groups -OCH3 is 1. The summed E-state index contributed by atoms with van der Waals surface area (Å²) in [6.07, 6.45) is 1.88. The van der Waals surface area contributed by atoms with Crippen LogP contribution in [0.15, 0.2) is 0 Å². The molecule has 0 aromatic rings. The van der Waals surface area contributed by atoms with Crippen molar-refractivity contribution in [2.45, 2.75) is 39.2 Å². The molecule has 2 N–H and O–H groups in total. The van der Waals surface area contributed by atoms with E-state index in [1.165, 1.54) is 0 Å². The summed E-state index contributed by atoms with van der Waals surface area (Å²) in [5.41, 5.74) is -0.0345. The molecule has 3 nitrogen and oxygen atoms in total. The Morgan fingerprint density at radius 1 is 1.43 bits per heavy atom. The lowest BCUT2D eigenvalue weighted by Crippen LogP contribution is -2.31. The van der Waals surface area contributed by atoms with Crippen LogP contribution in [-0.4, -0.2) is 37.5 Å². The Balaban J connectivity index is 3.37. The molecule has 0 rings (SSSR count). The van der Waals surface area contributed by atoms with E-state index in [-0.39, 0.29) is 12.2 Å². The largest absolute Gasteiger partial charge is 0.396 e. The van der Waals surface area contributed by atoms with Gasteiger partial charge in [-0.05, 0) is 45.7 Å². The van der Waals surface area contributed by atoms with E-state index in [9.17, 15) is 0 Å². The Hall–Kier alpha value is -0.120. The molecule has 86 valence electrons. The van der Waals surface area contributed by atoms with Crippen LogP contribution in [0.1, 0.15) is 33.6 Å². The average Bonchev–Trinajstić information content (AvgIpc) is 2.13. The van der Waals surface area contributed by atoms with Crippen molar-refractivity contribution in [3.8, 4) is 0 Å². The van der Waals surface area contributed by atoms with Crippen molar-refractivity contribution in [2.24, 2.45) is 5.92 Å². The quantitative estimate of drug-likeness (QED) is 0.586. The summed E-state index contributed by atoms with van der Waals surface area (Å²) in [5.74, 6) is 0.547. The van der Waals surface area contributed by atoms with Crippen LogP contribution in [0.2, 0.25) is 0 Å². The van der Waals surface area contributed by atoms with Gasteiger partial charge < -0.3 is 15.2 Å². The fraction of sp³-hybridized carbons (Fsp3) is 1.00. The van der Waals surface area contributed by atoms with E-state index in [0.29, 0.717) is 5.92 Å². The number of hydrogen-bond acceptors (Lipinski definition) is 3. The van der Waals surface area contributed by atoms with Gasteiger partial charge in [0, 0.05) is 13.7 Å². The van der Waals surface area contributed by atoms with E-state index in [4.69, 9.17) is 9.84 Å². The average molecular weight is 203 g/mol. The van der Waals surface area contributed by atoms with Crippen molar-refractivity contribution in [3.63, 3.8) is 0 Å². The fourth-order valence-electron chi connectivity index (χ4n) is 1.16. The number of aliphatic hydroxyl groups is 1. The molecule has 0 aromatic heterocycles. The molecule has 1 unspecified atom stereocenters. The van der Waals surface area contributed by atoms with E-state index >= 15 is 0 Å². The number of aliphatic hydroxyl groups excluding tert-OH is 1. The maximum absolute atomic E-state index is 8.71. The molecule has 14 heavy (non-hydrogen) atoms. The monoisotopic (exact) mass is 203 g/mol. The van der Waals surface area contributed by atoms with Gasteiger partial charge in [-0.3, -0.25) is 0 Å². The number of ether oxygens (including phenoxy) is 1. The van der Waals surface area contributed by atoms with E-state index in [1.54, 1.807) is 7.11 Å². The zero-order chi connectivity index (χ0) is 11.0. The molecule has 0 aliphatic heterocycles. The van der Waals surface area contributed by atoms with E-state index in [1.807, 2.05) is 0 Å². The summed E-state index contributed by atoms with van der Waals surface area (Å²) in [4.78, 5) is 0. The Bertz CT molecular complexity index is 137. The maximum atomic E-state index is 8.71. The van der Waals surface area contributed by atoms with Crippen molar-refractivity contribution in [1.29, 1.82) is 0 Å². The molecule has 0 aliphatic rings. The van der Waals surface area contributed by atoms with Gasteiger partial charge in [0.25, 0.3) is 0 Å². The first-order valence-corrected chi connectivity index (χ1v) is 5.38. The zero-order valence-corrected chi connectivity index (χ0v) is 9.97. The number of hydrogen-bond donors (Lipinski definition) is 2. The number of nitrogens with one attached hydrogen (secondary N) is 1. The minimum Gasteiger partial charge on any atom is -0.396 e. The van der Waals surface area contributed by atoms with E-state index in [0.717, 1.165) is 25.9 Å². The second-order valence-electron chi connectivity index (χ2n) is 4.54. The minimum absolute atomic E-state index is 0.0345. The first kappa shape index (κ1) is 13.9. The van der Waals surface area contributed by atoms with Crippen LogP contribution in [0.5, 0.6) is 0 Å². The van der Waals surface area contributed by atoms with Crippen LogP contribution >= 0.6 is 0 Å². The Kier molecular flexibility index (Phi) is 7.15. The molecule has 0 aliphatic carbocycles. The van der Waals surface area contributed by atoms with Gasteiger partial charge in [0.15, 0.2) is 0 Å². The third kappa shape index (κ3) is 7.30. The Morgan fingerprint density at radius 3 is 2.57 bits per heavy atom. The Morgan fingerprint density at radius 2 is 2.07 bits per heavy atom. The van der Waals surface area contributed by atoms with Crippen LogP contribution in [0.3, 0.4) is 0 Å². The number of rotatable bonds is 8. The van der Waals surface area contributed by atoms with Crippen molar-refractivity contribution in [2.75, 3.05) is 26.8 Å². The minimum atomic E-state index is -0.0345. The SMILES string of the molecule is COC(C)(C)CCNCC(C)CCO. The van der Waals surface area contributed by atoms with Gasteiger partial charge in [0.05, 0.1) is 5.60 Å². The maximum Gasteiger partial charge on any atom is 0.0634 e. The highest BCUT2D eigenvalue weighted by Gasteiger charge is 2.15. The highest BCUT2D eigenvalue weighted by molar-refractivity contribution is 4.69. The molecular formula is C11H25NO2. The van der Waals surface area contributed by atoms with Crippen molar-refractivity contribution >= 4 is 0 Å². The molecule has 1 atom stereocenters. The van der Waals surface area contributed by atoms with Gasteiger partial charge in [-0.2, -0.15) is 0 Å². The Labute approximate surface area is 87.8 Å². The molecule has 0 saturated heterocycles. The van der Waals surface area contributed by atoms with Crippen molar-refractivity contribution in [1.82, 2.24) is 5.32 Å². The predicted octanol–water partition coefficient (Wildman–Crippen LogP) is 1.41. The summed E-state index contributed by atoms with van der Waals surface area (Å²) >= 11 is 0. The van der Waals surface area contributed by atoms with Crippen molar-refractivity contribution < 1.29 is 9.84 Å². The van der Waals surface area contributed by atoms with Crippen LogP contribution < -0.4 is 5.32 Å². The summed E-state index contributed by atoms with van der Waals surface area (Å²) in [6, 6.07) is 0. The summed E-state index contributed by atoms with van der Waals surface area (Å²) in [5, 5.41) is 12.1. The lowest BCUT2D eigenvalue weighted by molar-refractivity contribution is 0.0157. The third-order valence-corrected chi connectivity index (χ3v) is 2.57. The molecule has 0 bridgehead atoms. The molecular weight excluding hydrogens is 178 g/mol. The molecule has 0 fully saturated rings. The normalized spacial score (nSPS) is 14.4. The molecule has 0 saturated carbocycles. The van der Waals surface area contributed by atoms with Gasteiger partial charge in [-0.25, -0.2) is 0 Å². The smallest absolute Gasteiger partial charge is 0.0634 e. The second kappa shape index (κ2) is 7.21. The summed E-state index contributed by atoms with van der Waals surface area (Å²) in [7, 11) is 1.74. The van der Waals surface area contributed by atoms with Crippen LogP contribution in [0, 0.1) is 5.92 Å². The van der Waals surface area contributed by atoms with Gasteiger partial charge in [0.2, 0.25) is 0 Å². The lowest BCUT2D eigenvalue weighted by Gasteiger charge is -2.23. The first-order chi connectivity index (χ1) is 6.52. The predicted molar refractivity (Wildman–Crippen MR) is 59.4 cm³/mol. The zero-order valence-electron chi connectivity index (χ0n) is 9.97. The van der Waals surface area contributed by atoms with Crippen molar-refractivity contribution in [3.05, 3.63) is 0 Å². The van der Waals surface area contributed by atoms with Gasteiger partial charge >= 0.3 is 0 Å². The van der Waals surface area contributed by atoms with Crippen LogP contribution in [-0.2, 0) is 4.74 Å². The molecule has 0 aromatic carbocycles. The summed E-state index contributed by atoms with van der Waals surface area (Å²) < 4.78 is 5.31. The molecule has 0 radical (unpaired) electrons.